The maximum atomic E-state index is 11.0. The van der Waals surface area contributed by atoms with Crippen LogP contribution in [0.5, 0.6) is 0 Å². The molecule has 0 saturated carbocycles. The van der Waals surface area contributed by atoms with Crippen LogP contribution < -0.4 is 5.32 Å². The van der Waals surface area contributed by atoms with E-state index < -0.39 is 5.97 Å². The van der Waals surface area contributed by atoms with Gasteiger partial charge in [0.25, 0.3) is 0 Å². The summed E-state index contributed by atoms with van der Waals surface area (Å²) in [6.45, 7) is 1.76. The minimum Gasteiger partial charge on any atom is -0.478 e. The second-order valence-corrected chi connectivity index (χ2v) is 4.30. The Morgan fingerprint density at radius 2 is 2.30 bits per heavy atom. The molecule has 0 radical (unpaired) electrons. The summed E-state index contributed by atoms with van der Waals surface area (Å²) in [4.78, 5) is 18.9. The number of hydrogen-bond donors (Lipinski definition) is 3. The van der Waals surface area contributed by atoms with Crippen molar-refractivity contribution < 1.29 is 14.3 Å². The molecule has 0 spiro atoms. The number of carbonyl (C=O) groups is 1. The van der Waals surface area contributed by atoms with Gasteiger partial charge in [-0.2, -0.15) is 0 Å². The summed E-state index contributed by atoms with van der Waals surface area (Å²) in [6, 6.07) is 0. The molecule has 2 rings (SSSR count). The van der Waals surface area contributed by atoms with Crippen LogP contribution in [0.15, 0.2) is 23.1 Å². The van der Waals surface area contributed by atoms with Crippen LogP contribution in [0.3, 0.4) is 0 Å². The van der Waals surface area contributed by atoms with Crippen LogP contribution in [0, 0.1) is 5.41 Å². The molecule has 104 valence electrons. The minimum absolute atomic E-state index is 0.0186. The van der Waals surface area contributed by atoms with Gasteiger partial charge in [0.15, 0.2) is 0 Å². The third-order valence-corrected chi connectivity index (χ3v) is 2.90. The molecule has 0 aliphatic rings. The van der Waals surface area contributed by atoms with Crippen molar-refractivity contribution in [1.29, 1.82) is 5.41 Å². The van der Waals surface area contributed by atoms with Gasteiger partial charge in [-0.1, -0.05) is 11.6 Å². The van der Waals surface area contributed by atoms with Crippen molar-refractivity contribution in [3.8, 4) is 0 Å². The van der Waals surface area contributed by atoms with E-state index in [2.05, 4.69) is 15.3 Å². The molecule has 0 bridgehead atoms. The van der Waals surface area contributed by atoms with E-state index in [1.165, 1.54) is 19.4 Å². The van der Waals surface area contributed by atoms with E-state index in [1.54, 1.807) is 0 Å². The molecule has 2 heterocycles. The number of hydrogen-bond acceptors (Lipinski definition) is 6. The van der Waals surface area contributed by atoms with E-state index in [9.17, 15) is 4.79 Å². The Bertz CT molecular complexity index is 655. The van der Waals surface area contributed by atoms with Crippen LogP contribution in [-0.2, 0) is 6.54 Å². The van der Waals surface area contributed by atoms with Crippen molar-refractivity contribution in [3.63, 3.8) is 0 Å². The van der Waals surface area contributed by atoms with Gasteiger partial charge in [0, 0.05) is 11.9 Å². The van der Waals surface area contributed by atoms with Crippen LogP contribution in [0.25, 0.3) is 0 Å². The molecule has 8 heteroatoms. The van der Waals surface area contributed by atoms with Crippen molar-refractivity contribution >= 4 is 29.1 Å². The summed E-state index contributed by atoms with van der Waals surface area (Å²) in [7, 11) is 0. The third kappa shape index (κ3) is 2.77. The average molecular weight is 295 g/mol. The largest absolute Gasteiger partial charge is 0.478 e. The zero-order chi connectivity index (χ0) is 14.7. The Hall–Kier alpha value is -2.41. The van der Waals surface area contributed by atoms with Crippen LogP contribution in [0.1, 0.15) is 28.7 Å². The number of carboxylic acid groups (broad SMARTS) is 1. The number of nitrogens with one attached hydrogen (secondary N) is 2. The fourth-order valence-electron chi connectivity index (χ4n) is 1.61. The van der Waals surface area contributed by atoms with Gasteiger partial charge in [-0.05, 0) is 6.92 Å². The molecule has 0 aromatic carbocycles. The fraction of sp³-hybridized carbons (Fsp3) is 0.167. The zero-order valence-electron chi connectivity index (χ0n) is 10.5. The Morgan fingerprint density at radius 3 is 2.85 bits per heavy atom. The quantitative estimate of drug-likeness (QED) is 0.730. The van der Waals surface area contributed by atoms with Crippen LogP contribution in [0.4, 0.5) is 5.82 Å². The summed E-state index contributed by atoms with van der Waals surface area (Å²) in [5.41, 5.74) is 0.216. The number of pyridine rings is 1. The number of anilines is 1. The monoisotopic (exact) mass is 294 g/mol. The first-order chi connectivity index (χ1) is 9.50. The normalized spacial score (nSPS) is 10.3. The first-order valence-corrected chi connectivity index (χ1v) is 5.98. The molecule has 0 unspecified atom stereocenters. The summed E-state index contributed by atoms with van der Waals surface area (Å²) >= 11 is 6.02. The Balaban J connectivity index is 2.35. The summed E-state index contributed by atoms with van der Waals surface area (Å²) in [5.74, 6) is -0.436. The van der Waals surface area contributed by atoms with E-state index in [4.69, 9.17) is 26.5 Å². The molecule has 0 aliphatic carbocycles. The van der Waals surface area contributed by atoms with Crippen molar-refractivity contribution in [3.05, 3.63) is 40.7 Å². The van der Waals surface area contributed by atoms with Gasteiger partial charge in [-0.3, -0.25) is 0 Å². The summed E-state index contributed by atoms with van der Waals surface area (Å²) < 4.78 is 5.07. The number of halogens is 1. The molecular formula is C12H11ClN4O3. The molecule has 0 fully saturated rings. The molecule has 7 nitrogen and oxygen atoms in total. The van der Waals surface area contributed by atoms with Gasteiger partial charge in [0.1, 0.15) is 12.1 Å². The van der Waals surface area contributed by atoms with Gasteiger partial charge in [-0.15, -0.1) is 0 Å². The Labute approximate surface area is 119 Å². The number of nitrogens with zero attached hydrogens (tertiary/aromatic N) is 2. The molecular weight excluding hydrogens is 284 g/mol. The molecule has 2 aromatic heterocycles. The van der Waals surface area contributed by atoms with Crippen LogP contribution in [0.2, 0.25) is 5.02 Å². The smallest absolute Gasteiger partial charge is 0.338 e. The third-order valence-electron chi connectivity index (χ3n) is 2.51. The minimum atomic E-state index is -1.19. The average Bonchev–Trinajstić information content (AvgIpc) is 2.88. The molecule has 0 aliphatic heterocycles. The van der Waals surface area contributed by atoms with Crippen molar-refractivity contribution in [2.45, 2.75) is 13.5 Å². The molecule has 0 amide bonds. The van der Waals surface area contributed by atoms with E-state index >= 15 is 0 Å². The number of aromatic nitrogens is 2. The van der Waals surface area contributed by atoms with Crippen LogP contribution in [-0.4, -0.2) is 26.8 Å². The van der Waals surface area contributed by atoms with Crippen molar-refractivity contribution in [2.75, 3.05) is 5.32 Å². The fourth-order valence-corrected chi connectivity index (χ4v) is 1.97. The highest BCUT2D eigenvalue weighted by Crippen LogP contribution is 2.27. The molecule has 2 aromatic rings. The van der Waals surface area contributed by atoms with E-state index in [1.807, 2.05) is 0 Å². The lowest BCUT2D eigenvalue weighted by Gasteiger charge is -2.12. The Morgan fingerprint density at radius 1 is 1.55 bits per heavy atom. The first-order valence-electron chi connectivity index (χ1n) is 5.60. The molecule has 20 heavy (non-hydrogen) atoms. The highest BCUT2D eigenvalue weighted by Gasteiger charge is 2.19. The standard InChI is InChI=1S/C12H11ClN4O3/c1-6(14)9-10(13)7(12(18)19)4-16-11(9)17-5-8-15-2-3-20-8/h2-4,14H,5H2,1H3,(H,16,17)(H,18,19). The highest BCUT2D eigenvalue weighted by atomic mass is 35.5. The van der Waals surface area contributed by atoms with Gasteiger partial charge >= 0.3 is 5.97 Å². The maximum Gasteiger partial charge on any atom is 0.338 e. The van der Waals surface area contributed by atoms with Crippen molar-refractivity contribution in [2.24, 2.45) is 0 Å². The van der Waals surface area contributed by atoms with E-state index in [-0.39, 0.29) is 28.4 Å². The number of carboxylic acids is 1. The SMILES string of the molecule is CC(=N)c1c(NCc2ncco2)ncc(C(=O)O)c1Cl. The van der Waals surface area contributed by atoms with Gasteiger partial charge in [0.2, 0.25) is 5.89 Å². The van der Waals surface area contributed by atoms with Crippen LogP contribution >= 0.6 is 11.6 Å². The second-order valence-electron chi connectivity index (χ2n) is 3.92. The maximum absolute atomic E-state index is 11.0. The Kier molecular flexibility index (Phi) is 3.99. The van der Waals surface area contributed by atoms with Gasteiger partial charge in [-0.25, -0.2) is 14.8 Å². The second kappa shape index (κ2) is 5.70. The van der Waals surface area contributed by atoms with Gasteiger partial charge in [0.05, 0.1) is 28.9 Å². The van der Waals surface area contributed by atoms with E-state index in [0.717, 1.165) is 6.20 Å². The number of rotatable bonds is 5. The highest BCUT2D eigenvalue weighted by molar-refractivity contribution is 6.37. The molecule has 3 N–H and O–H groups in total. The molecule has 0 saturated heterocycles. The van der Waals surface area contributed by atoms with Crippen molar-refractivity contribution in [1.82, 2.24) is 9.97 Å². The number of aromatic carboxylic acids is 1. The zero-order valence-corrected chi connectivity index (χ0v) is 11.2. The lowest BCUT2D eigenvalue weighted by molar-refractivity contribution is 0.0696. The predicted molar refractivity (Wildman–Crippen MR) is 72.5 cm³/mol. The summed E-state index contributed by atoms with van der Waals surface area (Å²) in [5, 5.41) is 19.6. The topological polar surface area (TPSA) is 112 Å². The lowest BCUT2D eigenvalue weighted by atomic mass is 10.1. The first kappa shape index (κ1) is 14.0. The summed E-state index contributed by atoms with van der Waals surface area (Å²) in [6.07, 6.45) is 4.09. The number of oxazole rings is 1. The van der Waals surface area contributed by atoms with Gasteiger partial charge < -0.3 is 20.2 Å². The molecule has 0 atom stereocenters. The predicted octanol–water partition coefficient (Wildman–Crippen LogP) is 2.42. The lowest BCUT2D eigenvalue weighted by Crippen LogP contribution is -2.11. The van der Waals surface area contributed by atoms with E-state index in [0.29, 0.717) is 11.7 Å².